The Kier molecular flexibility index (Phi) is 5.62. The molecule has 2 aromatic rings. The number of rotatable bonds is 8. The van der Waals surface area contributed by atoms with E-state index in [1.54, 1.807) is 6.07 Å². The van der Waals surface area contributed by atoms with Gasteiger partial charge in [0, 0.05) is 19.4 Å². The molecule has 0 spiro atoms. The Morgan fingerprint density at radius 2 is 2.18 bits per heavy atom. The van der Waals surface area contributed by atoms with Crippen molar-refractivity contribution >= 4 is 10.0 Å². The molecule has 22 heavy (non-hydrogen) atoms. The smallest absolute Gasteiger partial charge is 0.211 e. The summed E-state index contributed by atoms with van der Waals surface area (Å²) < 4.78 is 38.6. The van der Waals surface area contributed by atoms with Gasteiger partial charge in [0.1, 0.15) is 11.6 Å². The van der Waals surface area contributed by atoms with E-state index in [4.69, 9.17) is 0 Å². The number of H-pyrrole nitrogens is 1. The Morgan fingerprint density at radius 3 is 2.91 bits per heavy atom. The molecule has 0 saturated heterocycles. The van der Waals surface area contributed by atoms with Gasteiger partial charge in [-0.05, 0) is 24.1 Å². The first-order valence-electron chi connectivity index (χ1n) is 7.10. The molecule has 0 aliphatic rings. The molecule has 0 atom stereocenters. The molecular weight excluding hydrogens is 307 g/mol. The maximum absolute atomic E-state index is 13.1. The number of sulfonamides is 1. The lowest BCUT2D eigenvalue weighted by Gasteiger charge is -2.03. The average Bonchev–Trinajstić information content (AvgIpc) is 2.86. The second-order valence-electron chi connectivity index (χ2n) is 4.97. The van der Waals surface area contributed by atoms with Gasteiger partial charge in [0.25, 0.3) is 0 Å². The third kappa shape index (κ3) is 5.19. The van der Waals surface area contributed by atoms with E-state index in [0.29, 0.717) is 30.9 Å². The highest BCUT2D eigenvalue weighted by atomic mass is 32.2. The van der Waals surface area contributed by atoms with Crippen molar-refractivity contribution in [3.8, 4) is 0 Å². The lowest BCUT2D eigenvalue weighted by Crippen LogP contribution is -2.28. The standard InChI is InChI=1S/C14H19FN4O2S/c1-2-8-22(20,21)16-7-6-13-17-14(19-18-13)10-11-4-3-5-12(15)9-11/h3-5,9,16H,2,6-8,10H2,1H3,(H,17,18,19). The minimum Gasteiger partial charge on any atom is -0.263 e. The SMILES string of the molecule is CCCS(=O)(=O)NCCc1n[nH]c(Cc2cccc(F)c2)n1. The van der Waals surface area contributed by atoms with Crippen LogP contribution >= 0.6 is 0 Å². The molecule has 0 saturated carbocycles. The zero-order chi connectivity index (χ0) is 16.0. The lowest BCUT2D eigenvalue weighted by atomic mass is 10.1. The van der Waals surface area contributed by atoms with E-state index in [-0.39, 0.29) is 18.1 Å². The molecule has 0 fully saturated rings. The van der Waals surface area contributed by atoms with E-state index >= 15 is 0 Å². The van der Waals surface area contributed by atoms with E-state index in [0.717, 1.165) is 5.56 Å². The molecule has 2 N–H and O–H groups in total. The highest BCUT2D eigenvalue weighted by molar-refractivity contribution is 7.89. The third-order valence-corrected chi connectivity index (χ3v) is 4.57. The van der Waals surface area contributed by atoms with Gasteiger partial charge < -0.3 is 0 Å². The number of hydrogen-bond acceptors (Lipinski definition) is 4. The second-order valence-corrected chi connectivity index (χ2v) is 6.89. The fourth-order valence-electron chi connectivity index (χ4n) is 2.03. The molecule has 120 valence electrons. The van der Waals surface area contributed by atoms with Gasteiger partial charge in [0.15, 0.2) is 5.82 Å². The van der Waals surface area contributed by atoms with Gasteiger partial charge in [-0.15, -0.1) is 0 Å². The predicted molar refractivity (Wildman–Crippen MR) is 81.4 cm³/mol. The highest BCUT2D eigenvalue weighted by Crippen LogP contribution is 2.08. The molecular formula is C14H19FN4O2S. The molecule has 1 aromatic heterocycles. The van der Waals surface area contributed by atoms with Gasteiger partial charge in [0.05, 0.1) is 5.75 Å². The van der Waals surface area contributed by atoms with Crippen LogP contribution in [-0.4, -0.2) is 35.9 Å². The van der Waals surface area contributed by atoms with Crippen LogP contribution in [0.5, 0.6) is 0 Å². The zero-order valence-electron chi connectivity index (χ0n) is 12.3. The first kappa shape index (κ1) is 16.6. The molecule has 0 radical (unpaired) electrons. The summed E-state index contributed by atoms with van der Waals surface area (Å²) in [5.41, 5.74) is 0.798. The number of aromatic amines is 1. The Balaban J connectivity index is 1.87. The minimum atomic E-state index is -3.21. The van der Waals surface area contributed by atoms with Crippen LogP contribution in [0.25, 0.3) is 0 Å². The van der Waals surface area contributed by atoms with Crippen molar-refractivity contribution in [2.45, 2.75) is 26.2 Å². The van der Waals surface area contributed by atoms with Crippen LogP contribution in [0.4, 0.5) is 4.39 Å². The summed E-state index contributed by atoms with van der Waals surface area (Å²) in [5, 5.41) is 6.82. The van der Waals surface area contributed by atoms with Crippen molar-refractivity contribution in [2.75, 3.05) is 12.3 Å². The van der Waals surface area contributed by atoms with Crippen molar-refractivity contribution in [3.63, 3.8) is 0 Å². The molecule has 6 nitrogen and oxygen atoms in total. The van der Waals surface area contributed by atoms with Gasteiger partial charge in [-0.25, -0.2) is 22.5 Å². The molecule has 1 aromatic carbocycles. The van der Waals surface area contributed by atoms with Crippen LogP contribution in [0.3, 0.4) is 0 Å². The summed E-state index contributed by atoms with van der Waals surface area (Å²) >= 11 is 0. The summed E-state index contributed by atoms with van der Waals surface area (Å²) in [4.78, 5) is 4.28. The number of halogens is 1. The summed E-state index contributed by atoms with van der Waals surface area (Å²) in [6.45, 7) is 2.08. The quantitative estimate of drug-likeness (QED) is 0.768. The topological polar surface area (TPSA) is 87.7 Å². The van der Waals surface area contributed by atoms with Crippen molar-refractivity contribution in [3.05, 3.63) is 47.3 Å². The van der Waals surface area contributed by atoms with Gasteiger partial charge in [-0.3, -0.25) is 5.10 Å². The number of nitrogens with zero attached hydrogens (tertiary/aromatic N) is 2. The monoisotopic (exact) mass is 326 g/mol. The van der Waals surface area contributed by atoms with Gasteiger partial charge in [-0.1, -0.05) is 19.1 Å². The normalized spacial score (nSPS) is 11.7. The summed E-state index contributed by atoms with van der Waals surface area (Å²) in [7, 11) is -3.21. The van der Waals surface area contributed by atoms with E-state index in [9.17, 15) is 12.8 Å². The summed E-state index contributed by atoms with van der Waals surface area (Å²) in [6, 6.07) is 6.29. The molecule has 0 bridgehead atoms. The maximum Gasteiger partial charge on any atom is 0.211 e. The third-order valence-electron chi connectivity index (χ3n) is 2.98. The number of benzene rings is 1. The number of aromatic nitrogens is 3. The summed E-state index contributed by atoms with van der Waals surface area (Å²) in [6.07, 6.45) is 1.43. The summed E-state index contributed by atoms with van der Waals surface area (Å²) in [5.74, 6) is 0.983. The molecule has 0 amide bonds. The van der Waals surface area contributed by atoms with Crippen LogP contribution in [0.15, 0.2) is 24.3 Å². The Morgan fingerprint density at radius 1 is 1.36 bits per heavy atom. The molecule has 0 aliphatic heterocycles. The maximum atomic E-state index is 13.1. The molecule has 0 aliphatic carbocycles. The Labute approximate surface area is 129 Å². The van der Waals surface area contributed by atoms with Crippen LogP contribution in [0.2, 0.25) is 0 Å². The van der Waals surface area contributed by atoms with E-state index in [1.807, 2.05) is 13.0 Å². The van der Waals surface area contributed by atoms with Crippen molar-refractivity contribution in [2.24, 2.45) is 0 Å². The first-order chi connectivity index (χ1) is 10.5. The zero-order valence-corrected chi connectivity index (χ0v) is 13.2. The predicted octanol–water partition coefficient (Wildman–Crippen LogP) is 1.41. The number of hydrogen-bond donors (Lipinski definition) is 2. The Bertz CT molecular complexity index is 715. The fraction of sp³-hybridized carbons (Fsp3) is 0.429. The molecule has 8 heteroatoms. The van der Waals surface area contributed by atoms with Crippen LogP contribution in [-0.2, 0) is 22.9 Å². The van der Waals surface area contributed by atoms with Crippen LogP contribution in [0.1, 0.15) is 30.6 Å². The van der Waals surface area contributed by atoms with Gasteiger partial charge >= 0.3 is 0 Å². The molecule has 0 unspecified atom stereocenters. The van der Waals surface area contributed by atoms with Crippen molar-refractivity contribution in [1.82, 2.24) is 19.9 Å². The van der Waals surface area contributed by atoms with Crippen molar-refractivity contribution in [1.29, 1.82) is 0 Å². The van der Waals surface area contributed by atoms with Crippen molar-refractivity contribution < 1.29 is 12.8 Å². The minimum absolute atomic E-state index is 0.117. The average molecular weight is 326 g/mol. The molecule has 1 heterocycles. The first-order valence-corrected chi connectivity index (χ1v) is 8.75. The van der Waals surface area contributed by atoms with E-state index in [2.05, 4.69) is 19.9 Å². The van der Waals surface area contributed by atoms with Gasteiger partial charge in [-0.2, -0.15) is 5.10 Å². The van der Waals surface area contributed by atoms with Gasteiger partial charge in [0.2, 0.25) is 10.0 Å². The largest absolute Gasteiger partial charge is 0.263 e. The Hall–Kier alpha value is -1.80. The second kappa shape index (κ2) is 7.46. The van der Waals surface area contributed by atoms with Crippen LogP contribution < -0.4 is 4.72 Å². The van der Waals surface area contributed by atoms with E-state index in [1.165, 1.54) is 12.1 Å². The van der Waals surface area contributed by atoms with Crippen LogP contribution in [0, 0.1) is 5.82 Å². The number of nitrogens with one attached hydrogen (secondary N) is 2. The van der Waals surface area contributed by atoms with E-state index < -0.39 is 10.0 Å². The molecule has 2 rings (SSSR count). The lowest BCUT2D eigenvalue weighted by molar-refractivity contribution is 0.579. The fourth-order valence-corrected chi connectivity index (χ4v) is 3.12. The highest BCUT2D eigenvalue weighted by Gasteiger charge is 2.09.